The lowest BCUT2D eigenvalue weighted by atomic mass is 10.1. The molecule has 0 radical (unpaired) electrons. The number of ketones is 1. The smallest absolute Gasteiger partial charge is 0.161 e. The van der Waals surface area contributed by atoms with E-state index in [1.54, 1.807) is 29.0 Å². The van der Waals surface area contributed by atoms with Crippen molar-refractivity contribution in [1.29, 1.82) is 0 Å². The Morgan fingerprint density at radius 3 is 3.00 bits per heavy atom. The van der Waals surface area contributed by atoms with Crippen LogP contribution in [0.1, 0.15) is 23.0 Å². The second-order valence-electron chi connectivity index (χ2n) is 3.69. The summed E-state index contributed by atoms with van der Waals surface area (Å²) in [7, 11) is 0. The van der Waals surface area contributed by atoms with Gasteiger partial charge < -0.3 is 11.1 Å². The molecule has 2 rings (SSSR count). The van der Waals surface area contributed by atoms with Crippen molar-refractivity contribution < 1.29 is 4.79 Å². The molecule has 0 aliphatic carbocycles. The van der Waals surface area contributed by atoms with Crippen LogP contribution in [0.25, 0.3) is 0 Å². The van der Waals surface area contributed by atoms with Gasteiger partial charge in [0.15, 0.2) is 5.78 Å². The van der Waals surface area contributed by atoms with Crippen LogP contribution in [-0.2, 0) is 6.54 Å². The molecular weight excluding hydrogens is 234 g/mol. The van der Waals surface area contributed by atoms with Gasteiger partial charge in [0.05, 0.1) is 17.7 Å². The molecule has 0 bridgehead atoms. The molecule has 17 heavy (non-hydrogen) atoms. The van der Waals surface area contributed by atoms with Gasteiger partial charge >= 0.3 is 0 Å². The number of hydrogen-bond donors (Lipinski definition) is 2. The minimum atomic E-state index is -0.0280. The van der Waals surface area contributed by atoms with E-state index in [1.807, 2.05) is 11.4 Å². The number of benzene rings is 1. The molecule has 0 fully saturated rings. The summed E-state index contributed by atoms with van der Waals surface area (Å²) in [6, 6.07) is 5.36. The lowest BCUT2D eigenvalue weighted by Gasteiger charge is -2.08. The third-order valence-corrected chi connectivity index (χ3v) is 3.02. The summed E-state index contributed by atoms with van der Waals surface area (Å²) in [5.74, 6) is -0.0280. The fraction of sp³-hybridized carbons (Fsp3) is 0.167. The maximum Gasteiger partial charge on any atom is 0.161 e. The molecule has 0 unspecified atom stereocenters. The molecule has 3 N–H and O–H groups in total. The SMILES string of the molecule is CC(=O)c1cc(NCc2cscn2)ccc1N. The van der Waals surface area contributed by atoms with Crippen LogP contribution < -0.4 is 11.1 Å². The van der Waals surface area contributed by atoms with E-state index in [-0.39, 0.29) is 5.78 Å². The molecule has 0 saturated heterocycles. The Balaban J connectivity index is 2.11. The zero-order valence-electron chi connectivity index (χ0n) is 9.43. The Morgan fingerprint density at radius 2 is 2.35 bits per heavy atom. The van der Waals surface area contributed by atoms with Gasteiger partial charge in [-0.1, -0.05) is 0 Å². The first-order valence-electron chi connectivity index (χ1n) is 5.18. The van der Waals surface area contributed by atoms with E-state index in [0.717, 1.165) is 11.4 Å². The van der Waals surface area contributed by atoms with Crippen molar-refractivity contribution in [3.05, 3.63) is 40.3 Å². The van der Waals surface area contributed by atoms with E-state index >= 15 is 0 Å². The summed E-state index contributed by atoms with van der Waals surface area (Å²) >= 11 is 1.56. The van der Waals surface area contributed by atoms with Crippen molar-refractivity contribution in [1.82, 2.24) is 4.98 Å². The lowest BCUT2D eigenvalue weighted by molar-refractivity contribution is 0.101. The highest BCUT2D eigenvalue weighted by Crippen LogP contribution is 2.19. The number of hydrogen-bond acceptors (Lipinski definition) is 5. The Labute approximate surface area is 103 Å². The van der Waals surface area contributed by atoms with Crippen molar-refractivity contribution in [2.75, 3.05) is 11.1 Å². The normalized spacial score (nSPS) is 10.2. The van der Waals surface area contributed by atoms with Gasteiger partial charge in [-0.15, -0.1) is 11.3 Å². The van der Waals surface area contributed by atoms with Gasteiger partial charge in [0.1, 0.15) is 0 Å². The molecule has 5 heteroatoms. The van der Waals surface area contributed by atoms with Gasteiger partial charge in [-0.05, 0) is 25.1 Å². The van der Waals surface area contributed by atoms with E-state index in [4.69, 9.17) is 5.73 Å². The van der Waals surface area contributed by atoms with Crippen LogP contribution in [0, 0.1) is 0 Å². The summed E-state index contributed by atoms with van der Waals surface area (Å²) in [5, 5.41) is 5.19. The van der Waals surface area contributed by atoms with E-state index in [9.17, 15) is 4.79 Å². The number of nitrogens with two attached hydrogens (primary N) is 1. The predicted molar refractivity (Wildman–Crippen MR) is 70.3 cm³/mol. The van der Waals surface area contributed by atoms with Crippen LogP contribution in [0.15, 0.2) is 29.1 Å². The van der Waals surface area contributed by atoms with Crippen LogP contribution >= 0.6 is 11.3 Å². The molecule has 0 aliphatic rings. The van der Waals surface area contributed by atoms with Gasteiger partial charge in [0.2, 0.25) is 0 Å². The highest BCUT2D eigenvalue weighted by atomic mass is 32.1. The molecule has 0 saturated carbocycles. The van der Waals surface area contributed by atoms with Crippen molar-refractivity contribution in [2.45, 2.75) is 13.5 Å². The second kappa shape index (κ2) is 4.97. The minimum absolute atomic E-state index is 0.0280. The van der Waals surface area contributed by atoms with E-state index in [1.165, 1.54) is 6.92 Å². The molecule has 0 amide bonds. The number of nitrogen functional groups attached to an aromatic ring is 1. The zero-order chi connectivity index (χ0) is 12.3. The Kier molecular flexibility index (Phi) is 3.39. The third-order valence-electron chi connectivity index (χ3n) is 2.39. The molecule has 0 spiro atoms. The monoisotopic (exact) mass is 247 g/mol. The molecule has 0 aliphatic heterocycles. The summed E-state index contributed by atoms with van der Waals surface area (Å²) in [6.07, 6.45) is 0. The van der Waals surface area contributed by atoms with Crippen molar-refractivity contribution in [2.24, 2.45) is 0 Å². The number of thiazole rings is 1. The van der Waals surface area contributed by atoms with E-state index in [0.29, 0.717) is 17.8 Å². The standard InChI is InChI=1S/C12H13N3OS/c1-8(16)11-4-9(2-3-12(11)13)14-5-10-6-17-7-15-10/h2-4,6-7,14H,5,13H2,1H3. The van der Waals surface area contributed by atoms with Crippen LogP contribution in [0.3, 0.4) is 0 Å². The summed E-state index contributed by atoms with van der Waals surface area (Å²) in [6.45, 7) is 2.15. The number of rotatable bonds is 4. The Bertz CT molecular complexity index is 523. The summed E-state index contributed by atoms with van der Waals surface area (Å²) < 4.78 is 0. The van der Waals surface area contributed by atoms with Crippen molar-refractivity contribution in [3.8, 4) is 0 Å². The number of carbonyl (C=O) groups excluding carboxylic acids is 1. The average molecular weight is 247 g/mol. The van der Waals surface area contributed by atoms with Gasteiger partial charge in [-0.2, -0.15) is 0 Å². The first-order chi connectivity index (χ1) is 8.16. The third kappa shape index (κ3) is 2.82. The molecule has 0 atom stereocenters. The predicted octanol–water partition coefficient (Wildman–Crippen LogP) is 2.54. The fourth-order valence-corrected chi connectivity index (χ4v) is 2.05. The maximum atomic E-state index is 11.3. The number of carbonyl (C=O) groups is 1. The fourth-order valence-electron chi connectivity index (χ4n) is 1.49. The molecule has 4 nitrogen and oxygen atoms in total. The number of Topliss-reactive ketones (excluding diaryl/α,β-unsaturated/α-hetero) is 1. The van der Waals surface area contributed by atoms with Gasteiger partial charge in [-0.25, -0.2) is 4.98 Å². The average Bonchev–Trinajstić information content (AvgIpc) is 2.80. The number of aromatic nitrogens is 1. The summed E-state index contributed by atoms with van der Waals surface area (Å²) in [5.41, 5.74) is 10.4. The molecule has 1 aromatic heterocycles. The van der Waals surface area contributed by atoms with Crippen LogP contribution in [0.4, 0.5) is 11.4 Å². The van der Waals surface area contributed by atoms with Crippen LogP contribution in [0.5, 0.6) is 0 Å². The second-order valence-corrected chi connectivity index (χ2v) is 4.41. The number of nitrogens with zero attached hydrogens (tertiary/aromatic N) is 1. The zero-order valence-corrected chi connectivity index (χ0v) is 10.3. The van der Waals surface area contributed by atoms with Gasteiger partial charge in [0, 0.05) is 22.3 Å². The lowest BCUT2D eigenvalue weighted by Crippen LogP contribution is -2.03. The molecule has 1 heterocycles. The molecular formula is C12H13N3OS. The highest BCUT2D eigenvalue weighted by molar-refractivity contribution is 7.07. The van der Waals surface area contributed by atoms with Crippen LogP contribution in [0.2, 0.25) is 0 Å². The van der Waals surface area contributed by atoms with Gasteiger partial charge in [0.25, 0.3) is 0 Å². The first-order valence-corrected chi connectivity index (χ1v) is 6.12. The molecule has 1 aromatic carbocycles. The quantitative estimate of drug-likeness (QED) is 0.643. The van der Waals surface area contributed by atoms with Crippen LogP contribution in [-0.4, -0.2) is 10.8 Å². The Hall–Kier alpha value is -1.88. The van der Waals surface area contributed by atoms with E-state index in [2.05, 4.69) is 10.3 Å². The number of anilines is 2. The van der Waals surface area contributed by atoms with Crippen molar-refractivity contribution in [3.63, 3.8) is 0 Å². The largest absolute Gasteiger partial charge is 0.398 e. The van der Waals surface area contributed by atoms with Crippen molar-refractivity contribution >= 4 is 28.5 Å². The minimum Gasteiger partial charge on any atom is -0.398 e. The summed E-state index contributed by atoms with van der Waals surface area (Å²) in [4.78, 5) is 15.5. The Morgan fingerprint density at radius 1 is 1.53 bits per heavy atom. The first kappa shape index (κ1) is 11.6. The topological polar surface area (TPSA) is 68.0 Å². The molecule has 88 valence electrons. The number of nitrogens with one attached hydrogen (secondary N) is 1. The molecule has 2 aromatic rings. The van der Waals surface area contributed by atoms with E-state index < -0.39 is 0 Å². The van der Waals surface area contributed by atoms with Gasteiger partial charge in [-0.3, -0.25) is 4.79 Å². The highest BCUT2D eigenvalue weighted by Gasteiger charge is 2.05. The maximum absolute atomic E-state index is 11.3.